The first kappa shape index (κ1) is 18.0. The van der Waals surface area contributed by atoms with Gasteiger partial charge in [-0.3, -0.25) is 14.7 Å². The van der Waals surface area contributed by atoms with Crippen LogP contribution in [0.4, 0.5) is 5.69 Å². The molecule has 6 heteroatoms. The highest BCUT2D eigenvalue weighted by Gasteiger charge is 2.09. The highest BCUT2D eigenvalue weighted by atomic mass is 16.2. The number of rotatable bonds is 4. The third-order valence-corrected chi connectivity index (χ3v) is 3.67. The first-order valence-corrected chi connectivity index (χ1v) is 8.37. The van der Waals surface area contributed by atoms with Gasteiger partial charge in [0.1, 0.15) is 5.69 Å². The zero-order chi connectivity index (χ0) is 19.1. The average Bonchev–Trinajstić information content (AvgIpc) is 3.17. The van der Waals surface area contributed by atoms with Crippen molar-refractivity contribution in [1.29, 1.82) is 0 Å². The molecular weight excluding hydrogens is 340 g/mol. The molecule has 0 fully saturated rings. The van der Waals surface area contributed by atoms with Gasteiger partial charge in [0.15, 0.2) is 0 Å². The van der Waals surface area contributed by atoms with Crippen LogP contribution in [-0.2, 0) is 4.79 Å². The number of amides is 2. The Morgan fingerprint density at radius 1 is 1.07 bits per heavy atom. The summed E-state index contributed by atoms with van der Waals surface area (Å²) in [5.41, 5.74) is 3.55. The van der Waals surface area contributed by atoms with E-state index in [1.807, 2.05) is 30.3 Å². The van der Waals surface area contributed by atoms with Crippen molar-refractivity contribution in [2.45, 2.75) is 6.92 Å². The molecule has 0 bridgehead atoms. The van der Waals surface area contributed by atoms with E-state index in [-0.39, 0.29) is 18.4 Å². The second-order valence-corrected chi connectivity index (χ2v) is 5.78. The first-order valence-electron chi connectivity index (χ1n) is 8.37. The van der Waals surface area contributed by atoms with Gasteiger partial charge < -0.3 is 10.6 Å². The van der Waals surface area contributed by atoms with E-state index in [9.17, 15) is 9.59 Å². The van der Waals surface area contributed by atoms with Crippen molar-refractivity contribution >= 4 is 17.5 Å². The number of carbonyl (C=O) groups excluding carboxylic acids is 2. The Hall–Kier alpha value is -3.85. The maximum Gasteiger partial charge on any atom is 0.270 e. The summed E-state index contributed by atoms with van der Waals surface area (Å²) in [4.78, 5) is 23.1. The van der Waals surface area contributed by atoms with Gasteiger partial charge in [0.05, 0.1) is 12.2 Å². The minimum absolute atomic E-state index is 0.120. The van der Waals surface area contributed by atoms with Crippen LogP contribution < -0.4 is 10.6 Å². The van der Waals surface area contributed by atoms with Crippen molar-refractivity contribution in [3.63, 3.8) is 0 Å². The van der Waals surface area contributed by atoms with E-state index in [2.05, 4.69) is 32.7 Å². The van der Waals surface area contributed by atoms with Crippen molar-refractivity contribution in [2.24, 2.45) is 0 Å². The number of nitrogens with zero attached hydrogens (tertiary/aromatic N) is 1. The van der Waals surface area contributed by atoms with Crippen LogP contribution in [0, 0.1) is 11.8 Å². The van der Waals surface area contributed by atoms with Gasteiger partial charge in [0.25, 0.3) is 5.91 Å². The molecule has 2 aromatic carbocycles. The molecule has 0 atom stereocenters. The monoisotopic (exact) mass is 358 g/mol. The standard InChI is InChI=1S/C21H18N4O2/c1-15(26)23-18-11-9-16(10-12-18)6-5-13-22-21(27)20-14-19(24-25-20)17-7-3-2-4-8-17/h2-4,7-12,14H,13H2,1H3,(H,22,27)(H,23,26)(H,24,25). The summed E-state index contributed by atoms with van der Waals surface area (Å²) in [6.45, 7) is 1.67. The largest absolute Gasteiger partial charge is 0.340 e. The molecule has 3 aromatic rings. The van der Waals surface area contributed by atoms with Gasteiger partial charge in [-0.15, -0.1) is 0 Å². The van der Waals surface area contributed by atoms with Crippen LogP contribution in [0.2, 0.25) is 0 Å². The third kappa shape index (κ3) is 5.06. The van der Waals surface area contributed by atoms with Crippen LogP contribution in [0.5, 0.6) is 0 Å². The Kier molecular flexibility index (Phi) is 5.65. The van der Waals surface area contributed by atoms with Crippen LogP contribution in [0.25, 0.3) is 11.3 Å². The van der Waals surface area contributed by atoms with Gasteiger partial charge in [0.2, 0.25) is 5.91 Å². The fourth-order valence-electron chi connectivity index (χ4n) is 2.40. The van der Waals surface area contributed by atoms with Crippen LogP contribution in [0.15, 0.2) is 60.7 Å². The molecule has 134 valence electrons. The van der Waals surface area contributed by atoms with Crippen LogP contribution >= 0.6 is 0 Å². The van der Waals surface area contributed by atoms with E-state index in [1.54, 1.807) is 30.3 Å². The minimum atomic E-state index is -0.264. The number of H-pyrrole nitrogens is 1. The SMILES string of the molecule is CC(=O)Nc1ccc(C#CCNC(=O)c2cc(-c3ccccc3)n[nH]2)cc1. The zero-order valence-corrected chi connectivity index (χ0v) is 14.7. The number of aromatic nitrogens is 2. The van der Waals surface area contributed by atoms with Gasteiger partial charge >= 0.3 is 0 Å². The van der Waals surface area contributed by atoms with E-state index in [4.69, 9.17) is 0 Å². The molecule has 0 radical (unpaired) electrons. The second-order valence-electron chi connectivity index (χ2n) is 5.78. The number of benzene rings is 2. The van der Waals surface area contributed by atoms with Crippen molar-refractivity contribution in [2.75, 3.05) is 11.9 Å². The van der Waals surface area contributed by atoms with E-state index in [0.29, 0.717) is 11.4 Å². The summed E-state index contributed by atoms with van der Waals surface area (Å²) < 4.78 is 0. The fourth-order valence-corrected chi connectivity index (χ4v) is 2.40. The lowest BCUT2D eigenvalue weighted by molar-refractivity contribution is -0.114. The Labute approximate surface area is 157 Å². The molecular formula is C21H18N4O2. The van der Waals surface area contributed by atoms with Crippen molar-refractivity contribution in [1.82, 2.24) is 15.5 Å². The Morgan fingerprint density at radius 2 is 1.81 bits per heavy atom. The number of aromatic amines is 1. The maximum absolute atomic E-state index is 12.2. The topological polar surface area (TPSA) is 86.9 Å². The molecule has 3 N–H and O–H groups in total. The minimum Gasteiger partial charge on any atom is -0.340 e. The van der Waals surface area contributed by atoms with Gasteiger partial charge in [-0.05, 0) is 30.3 Å². The summed E-state index contributed by atoms with van der Waals surface area (Å²) in [7, 11) is 0. The lowest BCUT2D eigenvalue weighted by Crippen LogP contribution is -2.23. The second kappa shape index (κ2) is 8.50. The van der Waals surface area contributed by atoms with E-state index < -0.39 is 0 Å². The molecule has 1 heterocycles. The smallest absolute Gasteiger partial charge is 0.270 e. The van der Waals surface area contributed by atoms with E-state index in [1.165, 1.54) is 6.92 Å². The summed E-state index contributed by atoms with van der Waals surface area (Å²) in [6, 6.07) is 18.5. The Balaban J connectivity index is 1.54. The number of hydrogen-bond donors (Lipinski definition) is 3. The lowest BCUT2D eigenvalue weighted by Gasteiger charge is -2.00. The van der Waals surface area contributed by atoms with Gasteiger partial charge in [-0.1, -0.05) is 42.2 Å². The zero-order valence-electron chi connectivity index (χ0n) is 14.7. The number of anilines is 1. The molecule has 2 amide bonds. The lowest BCUT2D eigenvalue weighted by atomic mass is 10.1. The highest BCUT2D eigenvalue weighted by molar-refractivity contribution is 5.93. The molecule has 0 aliphatic heterocycles. The fraction of sp³-hybridized carbons (Fsp3) is 0.0952. The first-order chi connectivity index (χ1) is 13.1. The van der Waals surface area contributed by atoms with Crippen LogP contribution in [0.1, 0.15) is 23.0 Å². The molecule has 6 nitrogen and oxygen atoms in total. The van der Waals surface area contributed by atoms with Crippen molar-refractivity contribution in [3.05, 3.63) is 71.9 Å². The molecule has 0 saturated heterocycles. The normalized spacial score (nSPS) is 9.81. The summed E-state index contributed by atoms with van der Waals surface area (Å²) in [5, 5.41) is 12.3. The van der Waals surface area contributed by atoms with Gasteiger partial charge in [-0.25, -0.2) is 0 Å². The molecule has 0 aliphatic carbocycles. The number of hydrogen-bond acceptors (Lipinski definition) is 3. The molecule has 27 heavy (non-hydrogen) atoms. The predicted molar refractivity (Wildman–Crippen MR) is 104 cm³/mol. The summed E-state index contributed by atoms with van der Waals surface area (Å²) in [6.07, 6.45) is 0. The molecule has 0 saturated carbocycles. The molecule has 0 unspecified atom stereocenters. The van der Waals surface area contributed by atoms with E-state index in [0.717, 1.165) is 16.8 Å². The number of nitrogens with one attached hydrogen (secondary N) is 3. The predicted octanol–water partition coefficient (Wildman–Crippen LogP) is 2.82. The average molecular weight is 358 g/mol. The van der Waals surface area contributed by atoms with Gasteiger partial charge in [-0.2, -0.15) is 5.10 Å². The van der Waals surface area contributed by atoms with E-state index >= 15 is 0 Å². The third-order valence-electron chi connectivity index (χ3n) is 3.67. The number of carbonyl (C=O) groups is 2. The summed E-state index contributed by atoms with van der Waals surface area (Å²) >= 11 is 0. The molecule has 3 rings (SSSR count). The van der Waals surface area contributed by atoms with Gasteiger partial charge in [0, 0.05) is 23.7 Å². The highest BCUT2D eigenvalue weighted by Crippen LogP contribution is 2.16. The Bertz CT molecular complexity index is 996. The summed E-state index contributed by atoms with van der Waals surface area (Å²) in [5.74, 6) is 5.47. The molecule has 0 spiro atoms. The van der Waals surface area contributed by atoms with Crippen molar-refractivity contribution < 1.29 is 9.59 Å². The Morgan fingerprint density at radius 3 is 2.52 bits per heavy atom. The quantitative estimate of drug-likeness (QED) is 0.627. The molecule has 1 aromatic heterocycles. The maximum atomic E-state index is 12.2. The molecule has 0 aliphatic rings. The van der Waals surface area contributed by atoms with Crippen molar-refractivity contribution in [3.8, 4) is 23.1 Å². The van der Waals surface area contributed by atoms with Crippen LogP contribution in [-0.4, -0.2) is 28.6 Å². The van der Waals surface area contributed by atoms with Crippen LogP contribution in [0.3, 0.4) is 0 Å².